The molecule has 3 rings (SSSR count). The molecule has 1 heterocycles. The van der Waals surface area contributed by atoms with E-state index in [9.17, 15) is 9.18 Å². The minimum absolute atomic E-state index is 0.0965. The van der Waals surface area contributed by atoms with E-state index in [4.69, 9.17) is 16.0 Å². The van der Waals surface area contributed by atoms with E-state index in [1.807, 2.05) is 38.1 Å². The van der Waals surface area contributed by atoms with Crippen LogP contribution in [0.4, 0.5) is 4.39 Å². The molecule has 146 valence electrons. The van der Waals surface area contributed by atoms with Crippen LogP contribution in [-0.2, 0) is 16.6 Å². The molecule has 2 aromatic carbocycles. The third kappa shape index (κ3) is 4.98. The van der Waals surface area contributed by atoms with Gasteiger partial charge in [0.05, 0.1) is 11.8 Å². The molecule has 0 aliphatic heterocycles. The molecule has 1 N–H and O–H groups in total. The molecule has 6 heteroatoms. The average molecular weight is 401 g/mol. The van der Waals surface area contributed by atoms with Crippen LogP contribution in [0.25, 0.3) is 11.3 Å². The molecule has 3 aromatic rings. The number of nitrogens with one attached hydrogen (secondary N) is 1. The Morgan fingerprint density at radius 3 is 2.75 bits per heavy atom. The van der Waals surface area contributed by atoms with E-state index in [0.29, 0.717) is 35.2 Å². The predicted molar refractivity (Wildman–Crippen MR) is 108 cm³/mol. The highest BCUT2D eigenvalue weighted by Crippen LogP contribution is 2.25. The molecular weight excluding hydrogens is 379 g/mol. The van der Waals surface area contributed by atoms with E-state index < -0.39 is 0 Å². The van der Waals surface area contributed by atoms with Crippen LogP contribution in [0.2, 0.25) is 5.02 Å². The molecule has 0 saturated carbocycles. The summed E-state index contributed by atoms with van der Waals surface area (Å²) in [6.45, 7) is 4.58. The summed E-state index contributed by atoms with van der Waals surface area (Å²) in [5, 5.41) is 3.62. The topological polar surface area (TPSA) is 55.1 Å². The van der Waals surface area contributed by atoms with Gasteiger partial charge in [-0.05, 0) is 29.8 Å². The Bertz CT molecular complexity index is 968. The van der Waals surface area contributed by atoms with Gasteiger partial charge < -0.3 is 9.73 Å². The number of amides is 1. The van der Waals surface area contributed by atoms with Crippen molar-refractivity contribution in [1.29, 1.82) is 0 Å². The summed E-state index contributed by atoms with van der Waals surface area (Å²) < 4.78 is 19.4. The first-order chi connectivity index (χ1) is 13.3. The number of halogens is 2. The molecule has 0 radical (unpaired) electrons. The number of hydrogen-bond donors (Lipinski definition) is 1. The Balaban J connectivity index is 1.53. The summed E-state index contributed by atoms with van der Waals surface area (Å²) in [5.74, 6) is 0.296. The van der Waals surface area contributed by atoms with E-state index in [0.717, 1.165) is 5.56 Å². The lowest BCUT2D eigenvalue weighted by Crippen LogP contribution is -2.36. The van der Waals surface area contributed by atoms with Crippen molar-refractivity contribution in [2.24, 2.45) is 0 Å². The number of oxazole rings is 1. The fourth-order valence-corrected chi connectivity index (χ4v) is 3.04. The van der Waals surface area contributed by atoms with Gasteiger partial charge in [-0.3, -0.25) is 4.79 Å². The first-order valence-electron chi connectivity index (χ1n) is 9.07. The van der Waals surface area contributed by atoms with Crippen LogP contribution in [0, 0.1) is 5.82 Å². The van der Waals surface area contributed by atoms with Crippen LogP contribution in [0.3, 0.4) is 0 Å². The molecule has 0 aliphatic rings. The van der Waals surface area contributed by atoms with Gasteiger partial charge in [-0.1, -0.05) is 49.7 Å². The Kier molecular flexibility index (Phi) is 6.15. The van der Waals surface area contributed by atoms with Gasteiger partial charge in [0, 0.05) is 29.8 Å². The SMILES string of the molecule is CC(C)(CNC(=O)CCc1ncc(-c2ccccc2F)o1)c1cccc(Cl)c1. The summed E-state index contributed by atoms with van der Waals surface area (Å²) in [6.07, 6.45) is 2.06. The number of aryl methyl sites for hydroxylation is 1. The van der Waals surface area contributed by atoms with E-state index in [1.165, 1.54) is 12.3 Å². The lowest BCUT2D eigenvalue weighted by atomic mass is 9.84. The molecule has 0 spiro atoms. The fraction of sp³-hybridized carbons (Fsp3) is 0.273. The third-order valence-electron chi connectivity index (χ3n) is 4.59. The van der Waals surface area contributed by atoms with Gasteiger partial charge in [0.15, 0.2) is 11.7 Å². The van der Waals surface area contributed by atoms with Gasteiger partial charge in [-0.2, -0.15) is 0 Å². The molecule has 0 aliphatic carbocycles. The molecule has 0 saturated heterocycles. The molecule has 4 nitrogen and oxygen atoms in total. The zero-order chi connectivity index (χ0) is 20.1. The number of carbonyl (C=O) groups is 1. The maximum Gasteiger partial charge on any atom is 0.220 e. The van der Waals surface area contributed by atoms with Crippen LogP contribution < -0.4 is 5.32 Å². The highest BCUT2D eigenvalue weighted by Gasteiger charge is 2.22. The van der Waals surface area contributed by atoms with Crippen molar-refractivity contribution in [1.82, 2.24) is 10.3 Å². The fourth-order valence-electron chi connectivity index (χ4n) is 2.85. The number of benzene rings is 2. The van der Waals surface area contributed by atoms with Gasteiger partial charge in [-0.25, -0.2) is 9.37 Å². The highest BCUT2D eigenvalue weighted by atomic mass is 35.5. The molecule has 28 heavy (non-hydrogen) atoms. The van der Waals surface area contributed by atoms with Gasteiger partial charge in [0.25, 0.3) is 0 Å². The zero-order valence-corrected chi connectivity index (χ0v) is 16.6. The Hall–Kier alpha value is -2.66. The minimum Gasteiger partial charge on any atom is -0.441 e. The van der Waals surface area contributed by atoms with Crippen LogP contribution >= 0.6 is 11.6 Å². The monoisotopic (exact) mass is 400 g/mol. The smallest absolute Gasteiger partial charge is 0.220 e. The van der Waals surface area contributed by atoms with E-state index >= 15 is 0 Å². The van der Waals surface area contributed by atoms with Crippen LogP contribution in [-0.4, -0.2) is 17.4 Å². The predicted octanol–water partition coefficient (Wildman–Crippen LogP) is 5.16. The minimum atomic E-state index is -0.369. The number of aromatic nitrogens is 1. The Morgan fingerprint density at radius 2 is 2.00 bits per heavy atom. The highest BCUT2D eigenvalue weighted by molar-refractivity contribution is 6.30. The summed E-state index contributed by atoms with van der Waals surface area (Å²) in [5.41, 5.74) is 1.16. The standard InChI is InChI=1S/C22H22ClFN2O2/c1-22(2,15-6-5-7-16(23)12-15)14-26-20(27)10-11-21-25-13-19(28-21)17-8-3-4-9-18(17)24/h3-9,12-13H,10-11,14H2,1-2H3,(H,26,27). The van der Waals surface area contributed by atoms with Crippen molar-refractivity contribution in [2.75, 3.05) is 6.54 Å². The molecule has 0 unspecified atom stereocenters. The van der Waals surface area contributed by atoms with E-state index in [1.54, 1.807) is 18.2 Å². The summed E-state index contributed by atoms with van der Waals surface area (Å²) >= 11 is 6.06. The molecule has 1 aromatic heterocycles. The van der Waals surface area contributed by atoms with Crippen LogP contribution in [0.15, 0.2) is 59.1 Å². The third-order valence-corrected chi connectivity index (χ3v) is 4.83. The summed E-state index contributed by atoms with van der Waals surface area (Å²) in [4.78, 5) is 16.4. The molecular formula is C22H22ClFN2O2. The first-order valence-corrected chi connectivity index (χ1v) is 9.45. The molecule has 1 amide bonds. The van der Waals surface area contributed by atoms with Crippen molar-refractivity contribution >= 4 is 17.5 Å². The largest absolute Gasteiger partial charge is 0.441 e. The van der Waals surface area contributed by atoms with Crippen molar-refractivity contribution in [3.8, 4) is 11.3 Å². The second-order valence-electron chi connectivity index (χ2n) is 7.27. The van der Waals surface area contributed by atoms with Gasteiger partial charge in [0.1, 0.15) is 5.82 Å². The lowest BCUT2D eigenvalue weighted by Gasteiger charge is -2.25. The van der Waals surface area contributed by atoms with Crippen molar-refractivity contribution in [3.05, 3.63) is 77.0 Å². The molecule has 0 fully saturated rings. The van der Waals surface area contributed by atoms with Gasteiger partial charge in [0.2, 0.25) is 5.91 Å². The summed E-state index contributed by atoms with van der Waals surface area (Å²) in [7, 11) is 0. The maximum atomic E-state index is 13.8. The maximum absolute atomic E-state index is 13.8. The van der Waals surface area contributed by atoms with E-state index in [-0.39, 0.29) is 23.6 Å². The average Bonchev–Trinajstić information content (AvgIpc) is 3.14. The number of hydrogen-bond acceptors (Lipinski definition) is 3. The van der Waals surface area contributed by atoms with Gasteiger partial charge >= 0.3 is 0 Å². The van der Waals surface area contributed by atoms with Crippen LogP contribution in [0.5, 0.6) is 0 Å². The normalized spacial score (nSPS) is 11.4. The number of nitrogens with zero attached hydrogens (tertiary/aromatic N) is 1. The molecule has 0 atom stereocenters. The Labute approximate surface area is 168 Å². The van der Waals surface area contributed by atoms with Crippen LogP contribution in [0.1, 0.15) is 31.7 Å². The van der Waals surface area contributed by atoms with Crippen molar-refractivity contribution in [2.45, 2.75) is 32.1 Å². The van der Waals surface area contributed by atoms with E-state index in [2.05, 4.69) is 10.3 Å². The number of carbonyl (C=O) groups excluding carboxylic acids is 1. The second-order valence-corrected chi connectivity index (χ2v) is 7.71. The zero-order valence-electron chi connectivity index (χ0n) is 15.8. The van der Waals surface area contributed by atoms with Crippen molar-refractivity contribution in [3.63, 3.8) is 0 Å². The number of rotatable bonds is 7. The Morgan fingerprint density at radius 1 is 1.21 bits per heavy atom. The lowest BCUT2D eigenvalue weighted by molar-refractivity contribution is -0.121. The van der Waals surface area contributed by atoms with Crippen molar-refractivity contribution < 1.29 is 13.6 Å². The second kappa shape index (κ2) is 8.57. The first kappa shape index (κ1) is 20.1. The van der Waals surface area contributed by atoms with Gasteiger partial charge in [-0.15, -0.1) is 0 Å². The quantitative estimate of drug-likeness (QED) is 0.596. The molecule has 0 bridgehead atoms. The summed E-state index contributed by atoms with van der Waals surface area (Å²) in [6, 6.07) is 14.0.